The molecule has 3 N–H and O–H groups in total. The molecule has 1 aliphatic heterocycles. The van der Waals surface area contributed by atoms with Gasteiger partial charge in [-0.05, 0) is 54.1 Å². The number of rotatable bonds is 6. The largest absolute Gasteiger partial charge is 0.459 e. The van der Waals surface area contributed by atoms with Crippen LogP contribution in [-0.4, -0.2) is 45.7 Å². The zero-order valence-corrected chi connectivity index (χ0v) is 21.9. The third-order valence-electron chi connectivity index (χ3n) is 6.76. The molecule has 4 heterocycles. The fourth-order valence-electron chi connectivity index (χ4n) is 4.47. The summed E-state index contributed by atoms with van der Waals surface area (Å²) in [5.74, 6) is -3.23. The summed E-state index contributed by atoms with van der Waals surface area (Å²) in [5, 5.41) is 2.93. The van der Waals surface area contributed by atoms with Crippen LogP contribution >= 0.6 is 0 Å². The number of benzene rings is 1. The Morgan fingerprint density at radius 1 is 1.05 bits per heavy atom. The fraction of sp³-hybridized carbons (Fsp3) is 0.241. The minimum absolute atomic E-state index is 0.0660. The van der Waals surface area contributed by atoms with Crippen LogP contribution in [0.2, 0.25) is 0 Å². The summed E-state index contributed by atoms with van der Waals surface area (Å²) in [4.78, 5) is 34.5. The van der Waals surface area contributed by atoms with Crippen molar-refractivity contribution < 1.29 is 36.0 Å². The van der Waals surface area contributed by atoms with E-state index in [9.17, 15) is 31.5 Å². The van der Waals surface area contributed by atoms with Gasteiger partial charge in [-0.2, -0.15) is 13.2 Å². The molecule has 8 nitrogen and oxygen atoms in total. The predicted octanol–water partition coefficient (Wildman–Crippen LogP) is 5.69. The third-order valence-corrected chi connectivity index (χ3v) is 6.76. The topological polar surface area (TPSA) is 114 Å². The Hall–Kier alpha value is -4.81. The van der Waals surface area contributed by atoms with Gasteiger partial charge in [0, 0.05) is 55.4 Å². The Kier molecular flexibility index (Phi) is 7.67. The molecule has 0 radical (unpaired) electrons. The number of piperidine rings is 1. The smallest absolute Gasteiger partial charge is 0.416 e. The van der Waals surface area contributed by atoms with E-state index in [1.54, 1.807) is 12.1 Å². The van der Waals surface area contributed by atoms with E-state index in [-0.39, 0.29) is 47.8 Å². The SMILES string of the molecule is Nc1ccc(/C=C/C(=O)NCc2cc3c(-c4ccc(C(=O)N5CCC(F)(F)CC5)cn4)cc(C(F)(F)F)cc3o2)cn1. The van der Waals surface area contributed by atoms with Crippen LogP contribution < -0.4 is 11.1 Å². The van der Waals surface area contributed by atoms with Crippen LogP contribution in [0.5, 0.6) is 0 Å². The number of amides is 2. The minimum atomic E-state index is -4.68. The lowest BCUT2D eigenvalue weighted by Gasteiger charge is -2.31. The van der Waals surface area contributed by atoms with Gasteiger partial charge >= 0.3 is 6.18 Å². The average molecular weight is 586 g/mol. The van der Waals surface area contributed by atoms with Gasteiger partial charge in [-0.25, -0.2) is 13.8 Å². The molecule has 5 rings (SSSR count). The number of hydrogen-bond acceptors (Lipinski definition) is 6. The van der Waals surface area contributed by atoms with Crippen molar-refractivity contribution in [1.29, 1.82) is 0 Å². The van der Waals surface area contributed by atoms with Gasteiger partial charge in [-0.1, -0.05) is 0 Å². The Morgan fingerprint density at radius 2 is 1.81 bits per heavy atom. The second kappa shape index (κ2) is 11.2. The summed E-state index contributed by atoms with van der Waals surface area (Å²) in [7, 11) is 0. The highest BCUT2D eigenvalue weighted by molar-refractivity contribution is 5.97. The maximum absolute atomic E-state index is 13.7. The van der Waals surface area contributed by atoms with E-state index >= 15 is 0 Å². The summed E-state index contributed by atoms with van der Waals surface area (Å²) in [6.45, 7) is -0.316. The molecule has 1 saturated heterocycles. The lowest BCUT2D eigenvalue weighted by Crippen LogP contribution is -2.42. The number of furan rings is 1. The third kappa shape index (κ3) is 6.56. The van der Waals surface area contributed by atoms with E-state index in [4.69, 9.17) is 10.2 Å². The number of carbonyl (C=O) groups is 2. The number of fused-ring (bicyclic) bond motifs is 1. The van der Waals surface area contributed by atoms with Gasteiger partial charge in [0.15, 0.2) is 0 Å². The van der Waals surface area contributed by atoms with Gasteiger partial charge in [0.25, 0.3) is 11.8 Å². The molecule has 0 unspecified atom stereocenters. The molecule has 4 aromatic rings. The normalized spacial score (nSPS) is 15.3. The molecule has 1 aromatic carbocycles. The maximum atomic E-state index is 13.7. The maximum Gasteiger partial charge on any atom is 0.416 e. The van der Waals surface area contributed by atoms with Crippen molar-refractivity contribution in [3.63, 3.8) is 0 Å². The highest BCUT2D eigenvalue weighted by Crippen LogP contribution is 2.38. The van der Waals surface area contributed by atoms with Gasteiger partial charge in [-0.3, -0.25) is 14.6 Å². The summed E-state index contributed by atoms with van der Waals surface area (Å²) in [5.41, 5.74) is 5.52. The van der Waals surface area contributed by atoms with Crippen LogP contribution in [0, 0.1) is 0 Å². The zero-order chi connectivity index (χ0) is 30.1. The van der Waals surface area contributed by atoms with E-state index in [1.807, 2.05) is 0 Å². The zero-order valence-electron chi connectivity index (χ0n) is 21.9. The van der Waals surface area contributed by atoms with Crippen molar-refractivity contribution in [3.8, 4) is 11.3 Å². The van der Waals surface area contributed by atoms with Gasteiger partial charge in [-0.15, -0.1) is 0 Å². The lowest BCUT2D eigenvalue weighted by atomic mass is 10.0. The van der Waals surface area contributed by atoms with Crippen molar-refractivity contribution in [2.75, 3.05) is 18.8 Å². The number of alkyl halides is 5. The number of carbonyl (C=O) groups excluding carboxylic acids is 2. The van der Waals surface area contributed by atoms with E-state index in [0.29, 0.717) is 16.8 Å². The van der Waals surface area contributed by atoms with Gasteiger partial charge in [0.2, 0.25) is 5.91 Å². The number of nitrogens with two attached hydrogens (primary N) is 1. The molecule has 218 valence electrons. The standard InChI is InChI=1S/C29H24F5N5O3/c30-28(31)7-9-39(10-8-28)27(41)18-3-4-23(36-15-18)21-11-19(29(32,33)34)12-24-22(21)13-20(42-24)16-38-26(40)6-2-17-1-5-25(35)37-14-17/h1-6,11-15H,7-10,16H2,(H2,35,37)(H,38,40)/b6-2+. The Bertz CT molecular complexity index is 1640. The molecule has 0 spiro atoms. The number of aromatic nitrogens is 2. The number of likely N-dealkylation sites (tertiary alicyclic amines) is 1. The number of halogens is 5. The van der Waals surface area contributed by atoms with Crippen molar-refractivity contribution in [1.82, 2.24) is 20.2 Å². The summed E-state index contributed by atoms with van der Waals surface area (Å²) in [6, 6.07) is 9.35. The molecule has 1 aliphatic rings. The van der Waals surface area contributed by atoms with Crippen molar-refractivity contribution in [3.05, 3.63) is 83.4 Å². The molecule has 1 fully saturated rings. The van der Waals surface area contributed by atoms with E-state index in [1.165, 1.54) is 47.6 Å². The quantitative estimate of drug-likeness (QED) is 0.222. The molecule has 2 amide bonds. The second-order valence-electron chi connectivity index (χ2n) is 9.79. The highest BCUT2D eigenvalue weighted by Gasteiger charge is 2.36. The van der Waals surface area contributed by atoms with Crippen LogP contribution in [0.15, 0.2) is 65.4 Å². The van der Waals surface area contributed by atoms with Crippen molar-refractivity contribution >= 4 is 34.7 Å². The van der Waals surface area contributed by atoms with E-state index in [0.717, 1.165) is 12.1 Å². The number of hydrogen-bond donors (Lipinski definition) is 2. The Labute approximate surface area is 236 Å². The molecule has 0 atom stereocenters. The average Bonchev–Trinajstić information content (AvgIpc) is 3.38. The molecule has 3 aromatic heterocycles. The van der Waals surface area contributed by atoms with Gasteiger partial charge in [0.05, 0.1) is 23.4 Å². The summed E-state index contributed by atoms with van der Waals surface area (Å²) < 4.78 is 73.7. The Balaban J connectivity index is 1.36. The first kappa shape index (κ1) is 28.7. The summed E-state index contributed by atoms with van der Waals surface area (Å²) >= 11 is 0. The molecule has 42 heavy (non-hydrogen) atoms. The van der Waals surface area contributed by atoms with Crippen LogP contribution in [0.4, 0.5) is 27.8 Å². The Morgan fingerprint density at radius 3 is 2.45 bits per heavy atom. The minimum Gasteiger partial charge on any atom is -0.459 e. The van der Waals surface area contributed by atoms with Crippen molar-refractivity contribution in [2.24, 2.45) is 0 Å². The van der Waals surface area contributed by atoms with Gasteiger partial charge < -0.3 is 20.4 Å². The molecule has 0 saturated carbocycles. The number of nitrogens with zero attached hydrogens (tertiary/aromatic N) is 3. The molecule has 0 bridgehead atoms. The molecule has 13 heteroatoms. The second-order valence-corrected chi connectivity index (χ2v) is 9.79. The van der Waals surface area contributed by atoms with Crippen LogP contribution in [0.25, 0.3) is 28.3 Å². The number of nitrogen functional groups attached to an aromatic ring is 1. The van der Waals surface area contributed by atoms with Crippen molar-refractivity contribution in [2.45, 2.75) is 31.5 Å². The first-order valence-electron chi connectivity index (χ1n) is 12.8. The molecular weight excluding hydrogens is 561 g/mol. The number of pyridine rings is 2. The molecular formula is C29H24F5N5O3. The first-order chi connectivity index (χ1) is 19.9. The summed E-state index contributed by atoms with van der Waals surface area (Å²) in [6.07, 6.45) is -0.0690. The van der Waals surface area contributed by atoms with Crippen LogP contribution in [0.1, 0.15) is 40.1 Å². The van der Waals surface area contributed by atoms with E-state index in [2.05, 4.69) is 15.3 Å². The fourth-order valence-corrected chi connectivity index (χ4v) is 4.47. The lowest BCUT2D eigenvalue weighted by molar-refractivity contribution is -0.137. The van der Waals surface area contributed by atoms with E-state index < -0.39 is 42.3 Å². The van der Waals surface area contributed by atoms with Crippen LogP contribution in [0.3, 0.4) is 0 Å². The monoisotopic (exact) mass is 585 g/mol. The highest BCUT2D eigenvalue weighted by atomic mass is 19.4. The molecule has 0 aliphatic carbocycles. The van der Waals surface area contributed by atoms with Gasteiger partial charge in [0.1, 0.15) is 17.2 Å². The number of anilines is 1. The predicted molar refractivity (Wildman–Crippen MR) is 144 cm³/mol. The number of nitrogens with one attached hydrogen (secondary N) is 1. The van der Waals surface area contributed by atoms with Crippen LogP contribution in [-0.2, 0) is 17.5 Å². The first-order valence-corrected chi connectivity index (χ1v) is 12.8.